The average Bonchev–Trinajstić information content (AvgIpc) is 2.39. The first kappa shape index (κ1) is 14.7. The summed E-state index contributed by atoms with van der Waals surface area (Å²) in [6.07, 6.45) is 0.984. The monoisotopic (exact) mass is 295 g/mol. The zero-order valence-corrected chi connectivity index (χ0v) is 12.1. The maximum atomic E-state index is 13.6. The van der Waals surface area contributed by atoms with E-state index in [1.165, 1.54) is 12.1 Å². The summed E-state index contributed by atoms with van der Waals surface area (Å²) in [6, 6.07) is 5.27. The summed E-state index contributed by atoms with van der Waals surface area (Å²) in [5.41, 5.74) is 0. The van der Waals surface area contributed by atoms with Crippen LogP contribution in [0.3, 0.4) is 0 Å². The molecule has 0 unspecified atom stereocenters. The lowest BCUT2D eigenvalue weighted by atomic mass is 10.3. The molecule has 1 aromatic heterocycles. The van der Waals surface area contributed by atoms with Gasteiger partial charge in [0.15, 0.2) is 0 Å². The number of rotatable bonds is 5. The van der Waals surface area contributed by atoms with Crippen molar-refractivity contribution >= 4 is 17.6 Å². The van der Waals surface area contributed by atoms with Crippen LogP contribution < -0.4 is 5.32 Å². The third-order valence-corrected chi connectivity index (χ3v) is 3.45. The van der Waals surface area contributed by atoms with Gasteiger partial charge in [0.05, 0.1) is 0 Å². The lowest BCUT2D eigenvalue weighted by Gasteiger charge is -2.08. The molecule has 0 fully saturated rings. The van der Waals surface area contributed by atoms with Crippen LogP contribution in [0.5, 0.6) is 0 Å². The highest BCUT2D eigenvalue weighted by molar-refractivity contribution is 7.99. The molecule has 0 amide bonds. The molecule has 2 aromatic rings. The largest absolute Gasteiger partial charge is 0.370 e. The van der Waals surface area contributed by atoms with Crippen LogP contribution in [0.15, 0.2) is 34.2 Å². The van der Waals surface area contributed by atoms with Gasteiger partial charge < -0.3 is 5.32 Å². The van der Waals surface area contributed by atoms with Crippen LogP contribution in [0.4, 0.5) is 14.6 Å². The molecule has 0 atom stereocenters. The second-order valence-corrected chi connectivity index (χ2v) is 5.30. The molecule has 0 aliphatic rings. The van der Waals surface area contributed by atoms with Crippen molar-refractivity contribution in [2.45, 2.75) is 30.2 Å². The van der Waals surface area contributed by atoms with Crippen LogP contribution in [0.2, 0.25) is 0 Å². The molecule has 0 aliphatic carbocycles. The van der Waals surface area contributed by atoms with Crippen LogP contribution in [0.1, 0.15) is 19.2 Å². The van der Waals surface area contributed by atoms with E-state index in [1.54, 1.807) is 13.0 Å². The first-order valence-corrected chi connectivity index (χ1v) is 7.12. The highest BCUT2D eigenvalue weighted by atomic mass is 32.2. The highest BCUT2D eigenvalue weighted by Gasteiger charge is 2.08. The van der Waals surface area contributed by atoms with Gasteiger partial charge in [0.1, 0.15) is 28.3 Å². The SMILES string of the molecule is CCCNc1cc(Sc2ccc(F)cc2F)nc(C)n1. The van der Waals surface area contributed by atoms with Crippen molar-refractivity contribution in [1.82, 2.24) is 9.97 Å². The predicted octanol–water partition coefficient (Wildman–Crippen LogP) is 4.04. The van der Waals surface area contributed by atoms with Crippen molar-refractivity contribution in [2.75, 3.05) is 11.9 Å². The topological polar surface area (TPSA) is 37.8 Å². The van der Waals surface area contributed by atoms with Gasteiger partial charge in [-0.15, -0.1) is 0 Å². The molecule has 20 heavy (non-hydrogen) atoms. The second kappa shape index (κ2) is 6.65. The number of hydrogen-bond donors (Lipinski definition) is 1. The molecule has 2 rings (SSSR count). The summed E-state index contributed by atoms with van der Waals surface area (Å²) in [5, 5.41) is 3.79. The number of anilines is 1. The Morgan fingerprint density at radius 2 is 2.00 bits per heavy atom. The van der Waals surface area contributed by atoms with E-state index in [9.17, 15) is 8.78 Å². The van der Waals surface area contributed by atoms with E-state index in [-0.39, 0.29) is 0 Å². The lowest BCUT2D eigenvalue weighted by molar-refractivity contribution is 0.565. The average molecular weight is 295 g/mol. The minimum Gasteiger partial charge on any atom is -0.370 e. The maximum absolute atomic E-state index is 13.6. The summed E-state index contributed by atoms with van der Waals surface area (Å²) >= 11 is 1.15. The lowest BCUT2D eigenvalue weighted by Crippen LogP contribution is -2.04. The normalized spacial score (nSPS) is 10.6. The number of nitrogens with one attached hydrogen (secondary N) is 1. The van der Waals surface area contributed by atoms with Crippen molar-refractivity contribution in [2.24, 2.45) is 0 Å². The van der Waals surface area contributed by atoms with Crippen LogP contribution in [-0.4, -0.2) is 16.5 Å². The summed E-state index contributed by atoms with van der Waals surface area (Å²) in [5.74, 6) is 0.144. The molecule has 3 nitrogen and oxygen atoms in total. The van der Waals surface area contributed by atoms with Crippen LogP contribution in [0.25, 0.3) is 0 Å². The van der Waals surface area contributed by atoms with Gasteiger partial charge in [0.25, 0.3) is 0 Å². The quantitative estimate of drug-likeness (QED) is 0.845. The standard InChI is InChI=1S/C14H15F2N3S/c1-3-6-17-13-8-14(19-9(2)18-13)20-12-5-4-10(15)7-11(12)16/h4-5,7-8H,3,6H2,1-2H3,(H,17,18,19). The fourth-order valence-corrected chi connectivity index (χ4v) is 2.47. The maximum Gasteiger partial charge on any atom is 0.140 e. The molecule has 1 N–H and O–H groups in total. The summed E-state index contributed by atoms with van der Waals surface area (Å²) in [7, 11) is 0. The fraction of sp³-hybridized carbons (Fsp3) is 0.286. The molecule has 1 heterocycles. The zero-order valence-electron chi connectivity index (χ0n) is 11.3. The van der Waals surface area contributed by atoms with Crippen LogP contribution >= 0.6 is 11.8 Å². The fourth-order valence-electron chi connectivity index (χ4n) is 1.61. The number of nitrogens with zero attached hydrogens (tertiary/aromatic N) is 2. The van der Waals surface area contributed by atoms with Crippen molar-refractivity contribution in [3.05, 3.63) is 41.7 Å². The minimum absolute atomic E-state index is 0.339. The zero-order chi connectivity index (χ0) is 14.5. The number of aromatic nitrogens is 2. The molecular formula is C14H15F2N3S. The van der Waals surface area contributed by atoms with Crippen molar-refractivity contribution in [3.63, 3.8) is 0 Å². The predicted molar refractivity (Wildman–Crippen MR) is 76.0 cm³/mol. The molecule has 0 spiro atoms. The van der Waals surface area contributed by atoms with Crippen molar-refractivity contribution in [3.8, 4) is 0 Å². The number of aryl methyl sites for hydroxylation is 1. The van der Waals surface area contributed by atoms with E-state index < -0.39 is 11.6 Å². The van der Waals surface area contributed by atoms with E-state index in [4.69, 9.17) is 0 Å². The Kier molecular flexibility index (Phi) is 4.89. The van der Waals surface area contributed by atoms with E-state index in [2.05, 4.69) is 22.2 Å². The third kappa shape index (κ3) is 3.90. The van der Waals surface area contributed by atoms with Gasteiger partial charge in [-0.3, -0.25) is 0 Å². The number of benzene rings is 1. The molecule has 0 saturated carbocycles. The van der Waals surface area contributed by atoms with Gasteiger partial charge in [-0.25, -0.2) is 18.7 Å². The third-order valence-electron chi connectivity index (χ3n) is 2.48. The molecule has 6 heteroatoms. The Hall–Kier alpha value is -1.69. The van der Waals surface area contributed by atoms with Crippen molar-refractivity contribution < 1.29 is 8.78 Å². The van der Waals surface area contributed by atoms with Gasteiger partial charge in [0.2, 0.25) is 0 Å². The highest BCUT2D eigenvalue weighted by Crippen LogP contribution is 2.29. The van der Waals surface area contributed by atoms with E-state index >= 15 is 0 Å². The van der Waals surface area contributed by atoms with Crippen LogP contribution in [0, 0.1) is 18.6 Å². The first-order valence-electron chi connectivity index (χ1n) is 6.31. The molecule has 0 bridgehead atoms. The molecule has 1 aromatic carbocycles. The Labute approximate surface area is 120 Å². The second-order valence-electron chi connectivity index (χ2n) is 4.24. The number of hydrogen-bond acceptors (Lipinski definition) is 4. The molecule has 0 saturated heterocycles. The van der Waals surface area contributed by atoms with E-state index in [0.717, 1.165) is 30.8 Å². The van der Waals surface area contributed by atoms with Gasteiger partial charge >= 0.3 is 0 Å². The van der Waals surface area contributed by atoms with Gasteiger partial charge in [0, 0.05) is 23.6 Å². The van der Waals surface area contributed by atoms with Gasteiger partial charge in [-0.1, -0.05) is 18.7 Å². The summed E-state index contributed by atoms with van der Waals surface area (Å²) < 4.78 is 26.5. The van der Waals surface area contributed by atoms with Gasteiger partial charge in [-0.05, 0) is 25.5 Å². The van der Waals surface area contributed by atoms with E-state index in [0.29, 0.717) is 21.6 Å². The van der Waals surface area contributed by atoms with Crippen LogP contribution in [-0.2, 0) is 0 Å². The minimum atomic E-state index is -0.589. The first-order chi connectivity index (χ1) is 9.58. The molecular weight excluding hydrogens is 280 g/mol. The Bertz CT molecular complexity index is 605. The summed E-state index contributed by atoms with van der Waals surface area (Å²) in [4.78, 5) is 8.85. The Balaban J connectivity index is 2.21. The molecule has 0 radical (unpaired) electrons. The Morgan fingerprint density at radius 3 is 2.70 bits per heavy atom. The van der Waals surface area contributed by atoms with Crippen molar-refractivity contribution in [1.29, 1.82) is 0 Å². The van der Waals surface area contributed by atoms with Gasteiger partial charge in [-0.2, -0.15) is 0 Å². The Morgan fingerprint density at radius 1 is 1.20 bits per heavy atom. The number of halogens is 2. The summed E-state index contributed by atoms with van der Waals surface area (Å²) in [6.45, 7) is 4.65. The molecule has 0 aliphatic heterocycles. The smallest absolute Gasteiger partial charge is 0.140 e. The van der Waals surface area contributed by atoms with E-state index in [1.807, 2.05) is 0 Å². The molecule has 106 valence electrons.